The SMILES string of the molecule is COc1cc2c(cc1OC)-c1c(-c3ccccc3)cc(CCc3ccccc3)n1CC2. The Morgan fingerprint density at radius 2 is 1.42 bits per heavy atom. The molecule has 0 saturated heterocycles. The van der Waals surface area contributed by atoms with Crippen molar-refractivity contribution < 1.29 is 9.47 Å². The number of methoxy groups -OCH3 is 2. The molecule has 1 aliphatic rings. The van der Waals surface area contributed by atoms with Gasteiger partial charge in [-0.05, 0) is 54.2 Å². The molecule has 0 unspecified atom stereocenters. The van der Waals surface area contributed by atoms with Gasteiger partial charge in [-0.15, -0.1) is 0 Å². The maximum absolute atomic E-state index is 5.64. The topological polar surface area (TPSA) is 23.4 Å². The van der Waals surface area contributed by atoms with Gasteiger partial charge in [-0.25, -0.2) is 0 Å². The number of hydrogen-bond donors (Lipinski definition) is 0. The highest BCUT2D eigenvalue weighted by atomic mass is 16.5. The van der Waals surface area contributed by atoms with Crippen LogP contribution >= 0.6 is 0 Å². The molecule has 0 bridgehead atoms. The van der Waals surface area contributed by atoms with Crippen molar-refractivity contribution in [2.45, 2.75) is 25.8 Å². The van der Waals surface area contributed by atoms with Crippen molar-refractivity contribution in [2.24, 2.45) is 0 Å². The normalized spacial score (nSPS) is 12.2. The number of aryl methyl sites for hydroxylation is 3. The van der Waals surface area contributed by atoms with E-state index in [2.05, 4.69) is 83.4 Å². The third-order valence-corrected chi connectivity index (χ3v) is 6.25. The Bertz CT molecular complexity index is 1190. The first-order chi connectivity index (χ1) is 15.3. The lowest BCUT2D eigenvalue weighted by Crippen LogP contribution is -2.14. The summed E-state index contributed by atoms with van der Waals surface area (Å²) in [4.78, 5) is 0. The minimum atomic E-state index is 0.778. The maximum Gasteiger partial charge on any atom is 0.161 e. The zero-order chi connectivity index (χ0) is 21.2. The highest BCUT2D eigenvalue weighted by molar-refractivity contribution is 5.86. The molecule has 3 heteroatoms. The average Bonchev–Trinajstić information content (AvgIpc) is 3.22. The van der Waals surface area contributed by atoms with Crippen LogP contribution in [-0.2, 0) is 25.8 Å². The largest absolute Gasteiger partial charge is 0.493 e. The summed E-state index contributed by atoms with van der Waals surface area (Å²) in [6, 6.07) is 28.1. The Hall–Kier alpha value is -3.46. The number of rotatable bonds is 6. The fourth-order valence-electron chi connectivity index (χ4n) is 4.69. The van der Waals surface area contributed by atoms with Crippen LogP contribution in [0.15, 0.2) is 78.9 Å². The van der Waals surface area contributed by atoms with E-state index in [0.29, 0.717) is 0 Å². The van der Waals surface area contributed by atoms with Crippen molar-refractivity contribution in [1.29, 1.82) is 0 Å². The molecule has 0 atom stereocenters. The molecule has 0 radical (unpaired) electrons. The quantitative estimate of drug-likeness (QED) is 0.380. The molecule has 0 spiro atoms. The Morgan fingerprint density at radius 3 is 2.13 bits per heavy atom. The fourth-order valence-corrected chi connectivity index (χ4v) is 4.69. The lowest BCUT2D eigenvalue weighted by atomic mass is 9.93. The smallest absolute Gasteiger partial charge is 0.161 e. The Balaban J connectivity index is 1.64. The van der Waals surface area contributed by atoms with E-state index in [-0.39, 0.29) is 0 Å². The van der Waals surface area contributed by atoms with Crippen LogP contribution in [0, 0.1) is 0 Å². The summed E-state index contributed by atoms with van der Waals surface area (Å²) < 4.78 is 13.7. The van der Waals surface area contributed by atoms with Gasteiger partial charge in [-0.1, -0.05) is 60.7 Å². The van der Waals surface area contributed by atoms with Crippen LogP contribution in [0.5, 0.6) is 11.5 Å². The molecule has 0 N–H and O–H groups in total. The fraction of sp³-hybridized carbons (Fsp3) is 0.214. The van der Waals surface area contributed by atoms with Gasteiger partial charge < -0.3 is 14.0 Å². The number of benzene rings is 3. The van der Waals surface area contributed by atoms with Crippen LogP contribution in [0.2, 0.25) is 0 Å². The van der Waals surface area contributed by atoms with Gasteiger partial charge in [0.25, 0.3) is 0 Å². The molecule has 1 aromatic heterocycles. The zero-order valence-corrected chi connectivity index (χ0v) is 18.1. The molecule has 0 aliphatic carbocycles. The summed E-state index contributed by atoms with van der Waals surface area (Å²) in [5, 5.41) is 0. The standard InChI is InChI=1S/C28H27NO2/c1-30-26-17-22-15-16-29-23(14-13-20-9-5-3-6-10-20)18-24(21-11-7-4-8-12-21)28(29)25(22)19-27(26)31-2/h3-12,17-19H,13-16H2,1-2H3. The van der Waals surface area contributed by atoms with Gasteiger partial charge in [0.15, 0.2) is 11.5 Å². The average molecular weight is 410 g/mol. The van der Waals surface area contributed by atoms with Gasteiger partial charge >= 0.3 is 0 Å². The van der Waals surface area contributed by atoms with E-state index >= 15 is 0 Å². The van der Waals surface area contributed by atoms with E-state index in [9.17, 15) is 0 Å². The molecule has 0 amide bonds. The van der Waals surface area contributed by atoms with Crippen LogP contribution in [0.4, 0.5) is 0 Å². The van der Waals surface area contributed by atoms with Gasteiger partial charge in [0.05, 0.1) is 19.9 Å². The second-order valence-electron chi connectivity index (χ2n) is 8.02. The summed E-state index contributed by atoms with van der Waals surface area (Å²) in [5.74, 6) is 1.58. The van der Waals surface area contributed by atoms with Crippen LogP contribution in [-0.4, -0.2) is 18.8 Å². The van der Waals surface area contributed by atoms with Crippen molar-refractivity contribution in [3.63, 3.8) is 0 Å². The molecule has 4 aromatic rings. The molecule has 1 aliphatic heterocycles. The summed E-state index contributed by atoms with van der Waals surface area (Å²) in [6.07, 6.45) is 3.05. The molecular weight excluding hydrogens is 382 g/mol. The van der Waals surface area contributed by atoms with Crippen LogP contribution in [0.25, 0.3) is 22.4 Å². The van der Waals surface area contributed by atoms with Crippen LogP contribution in [0.1, 0.15) is 16.8 Å². The predicted molar refractivity (Wildman–Crippen MR) is 126 cm³/mol. The van der Waals surface area contributed by atoms with Crippen molar-refractivity contribution in [3.8, 4) is 33.9 Å². The second-order valence-corrected chi connectivity index (χ2v) is 8.02. The number of fused-ring (bicyclic) bond motifs is 3. The molecule has 0 saturated carbocycles. The van der Waals surface area contributed by atoms with E-state index in [4.69, 9.17) is 9.47 Å². The van der Waals surface area contributed by atoms with Crippen LogP contribution in [0.3, 0.4) is 0 Å². The first-order valence-electron chi connectivity index (χ1n) is 10.9. The number of aromatic nitrogens is 1. The van der Waals surface area contributed by atoms with Gasteiger partial charge in [-0.2, -0.15) is 0 Å². The zero-order valence-electron chi connectivity index (χ0n) is 18.1. The minimum Gasteiger partial charge on any atom is -0.493 e. The lowest BCUT2D eigenvalue weighted by molar-refractivity contribution is 0.354. The molecule has 2 heterocycles. The molecule has 3 aromatic carbocycles. The highest BCUT2D eigenvalue weighted by Gasteiger charge is 2.25. The summed E-state index contributed by atoms with van der Waals surface area (Å²) in [7, 11) is 3.41. The van der Waals surface area contributed by atoms with E-state index in [1.807, 2.05) is 0 Å². The molecule has 31 heavy (non-hydrogen) atoms. The molecule has 5 rings (SSSR count). The molecule has 156 valence electrons. The second kappa shape index (κ2) is 8.35. The Morgan fingerprint density at radius 1 is 0.742 bits per heavy atom. The van der Waals surface area contributed by atoms with E-state index in [0.717, 1.165) is 37.3 Å². The lowest BCUT2D eigenvalue weighted by Gasteiger charge is -2.24. The third kappa shape index (κ3) is 3.61. The summed E-state index contributed by atoms with van der Waals surface area (Å²) >= 11 is 0. The van der Waals surface area contributed by atoms with Crippen LogP contribution < -0.4 is 9.47 Å². The Labute approximate surface area is 183 Å². The Kier molecular flexibility index (Phi) is 5.25. The van der Waals surface area contributed by atoms with Crippen molar-refractivity contribution >= 4 is 0 Å². The predicted octanol–water partition coefficient (Wildman–Crippen LogP) is 6.18. The highest BCUT2D eigenvalue weighted by Crippen LogP contribution is 2.44. The van der Waals surface area contributed by atoms with E-state index in [1.54, 1.807) is 14.2 Å². The van der Waals surface area contributed by atoms with E-state index in [1.165, 1.54) is 39.2 Å². The summed E-state index contributed by atoms with van der Waals surface area (Å²) in [6.45, 7) is 0.981. The van der Waals surface area contributed by atoms with Crippen molar-refractivity contribution in [3.05, 3.63) is 95.7 Å². The van der Waals surface area contributed by atoms with Crippen molar-refractivity contribution in [2.75, 3.05) is 14.2 Å². The molecule has 0 fully saturated rings. The number of ether oxygens (including phenoxy) is 2. The number of hydrogen-bond acceptors (Lipinski definition) is 2. The maximum atomic E-state index is 5.64. The first kappa shape index (κ1) is 19.5. The third-order valence-electron chi connectivity index (χ3n) is 6.25. The van der Waals surface area contributed by atoms with Gasteiger partial charge in [0, 0.05) is 23.4 Å². The minimum absolute atomic E-state index is 0.778. The monoisotopic (exact) mass is 409 g/mol. The molecule has 3 nitrogen and oxygen atoms in total. The van der Waals surface area contributed by atoms with Gasteiger partial charge in [0.1, 0.15) is 0 Å². The molecular formula is C28H27NO2. The van der Waals surface area contributed by atoms with Gasteiger partial charge in [-0.3, -0.25) is 0 Å². The van der Waals surface area contributed by atoms with Gasteiger partial charge in [0.2, 0.25) is 0 Å². The number of nitrogens with zero attached hydrogens (tertiary/aromatic N) is 1. The van der Waals surface area contributed by atoms with E-state index < -0.39 is 0 Å². The summed E-state index contributed by atoms with van der Waals surface area (Å²) in [5.41, 5.74) is 9.15. The van der Waals surface area contributed by atoms with Crippen molar-refractivity contribution in [1.82, 2.24) is 4.57 Å². The first-order valence-corrected chi connectivity index (χ1v) is 10.9.